The van der Waals surface area contributed by atoms with Crippen molar-refractivity contribution in [2.75, 3.05) is 31.6 Å². The Kier molecular flexibility index (Phi) is 8.15. The highest BCUT2D eigenvalue weighted by atomic mass is 16.1. The Bertz CT molecular complexity index is 911. The molecule has 1 aliphatic heterocycles. The molecular weight excluding hydrogens is 384 g/mol. The maximum atomic E-state index is 13.6. The Morgan fingerprint density at radius 1 is 1.13 bits per heavy atom. The van der Waals surface area contributed by atoms with Crippen LogP contribution in [0.3, 0.4) is 0 Å². The fourth-order valence-corrected chi connectivity index (χ4v) is 5.26. The predicted molar refractivity (Wildman–Crippen MR) is 132 cm³/mol. The van der Waals surface area contributed by atoms with Gasteiger partial charge in [0.15, 0.2) is 0 Å². The van der Waals surface area contributed by atoms with Crippen molar-refractivity contribution >= 4 is 16.6 Å². The quantitative estimate of drug-likeness (QED) is 0.533. The summed E-state index contributed by atoms with van der Waals surface area (Å²) >= 11 is 0. The predicted octanol–water partition coefficient (Wildman–Crippen LogP) is 5.47. The van der Waals surface area contributed by atoms with Crippen LogP contribution in [0.15, 0.2) is 23.0 Å². The molecule has 2 heterocycles. The van der Waals surface area contributed by atoms with Crippen molar-refractivity contribution in [1.29, 1.82) is 0 Å². The third kappa shape index (κ3) is 5.31. The zero-order valence-electron chi connectivity index (χ0n) is 20.5. The number of nitrogens with zero attached hydrogens (tertiary/aromatic N) is 4. The normalized spacial score (nSPS) is 20.8. The number of unbranched alkanes of at least 4 members (excludes halogenated alkanes) is 1. The van der Waals surface area contributed by atoms with E-state index < -0.39 is 0 Å². The fourth-order valence-electron chi connectivity index (χ4n) is 5.26. The van der Waals surface area contributed by atoms with Gasteiger partial charge in [0.25, 0.3) is 5.56 Å². The lowest BCUT2D eigenvalue weighted by molar-refractivity contribution is 0.0836. The number of piperidine rings is 1. The number of likely N-dealkylation sites (tertiary alicyclic amines) is 1. The summed E-state index contributed by atoms with van der Waals surface area (Å²) in [5, 5.41) is 0.738. The number of fused-ring (bicyclic) bond motifs is 1. The van der Waals surface area contributed by atoms with Crippen molar-refractivity contribution in [1.82, 2.24) is 14.5 Å². The number of anilines is 1. The third-order valence-corrected chi connectivity index (χ3v) is 6.77. The van der Waals surface area contributed by atoms with Gasteiger partial charge in [-0.05, 0) is 56.2 Å². The molecule has 0 amide bonds. The van der Waals surface area contributed by atoms with Crippen molar-refractivity contribution in [2.24, 2.45) is 11.8 Å². The molecule has 172 valence electrons. The minimum absolute atomic E-state index is 0.104. The smallest absolute Gasteiger partial charge is 0.261 e. The van der Waals surface area contributed by atoms with E-state index in [0.717, 1.165) is 67.7 Å². The molecule has 0 saturated carbocycles. The lowest BCUT2D eigenvalue weighted by Gasteiger charge is -2.40. The maximum absolute atomic E-state index is 13.6. The summed E-state index contributed by atoms with van der Waals surface area (Å²) in [6, 6.07) is 6.40. The first kappa shape index (κ1) is 23.8. The first-order chi connectivity index (χ1) is 14.9. The zero-order chi connectivity index (χ0) is 22.5. The second kappa shape index (κ2) is 10.6. The van der Waals surface area contributed by atoms with Gasteiger partial charge in [0, 0.05) is 38.9 Å². The number of hydrogen-bond donors (Lipinski definition) is 0. The zero-order valence-corrected chi connectivity index (χ0v) is 20.5. The van der Waals surface area contributed by atoms with E-state index in [9.17, 15) is 4.79 Å². The van der Waals surface area contributed by atoms with Gasteiger partial charge in [0.1, 0.15) is 5.82 Å². The van der Waals surface area contributed by atoms with E-state index in [0.29, 0.717) is 18.4 Å². The van der Waals surface area contributed by atoms with E-state index in [4.69, 9.17) is 4.98 Å². The Labute approximate surface area is 188 Å². The Balaban J connectivity index is 2.05. The van der Waals surface area contributed by atoms with E-state index in [1.807, 2.05) is 16.7 Å². The highest BCUT2D eigenvalue weighted by Gasteiger charge is 2.31. The summed E-state index contributed by atoms with van der Waals surface area (Å²) in [5.41, 5.74) is 2.03. The van der Waals surface area contributed by atoms with Crippen LogP contribution in [-0.4, -0.2) is 41.1 Å². The highest BCUT2D eigenvalue weighted by Crippen LogP contribution is 2.32. The molecule has 1 fully saturated rings. The van der Waals surface area contributed by atoms with Crippen LogP contribution in [0.2, 0.25) is 0 Å². The lowest BCUT2D eigenvalue weighted by Crippen LogP contribution is -2.43. The van der Waals surface area contributed by atoms with E-state index >= 15 is 0 Å². The van der Waals surface area contributed by atoms with Crippen LogP contribution in [0.4, 0.5) is 5.69 Å². The molecule has 31 heavy (non-hydrogen) atoms. The molecule has 0 spiro atoms. The van der Waals surface area contributed by atoms with E-state index in [-0.39, 0.29) is 11.6 Å². The molecule has 5 nitrogen and oxygen atoms in total. The van der Waals surface area contributed by atoms with Crippen molar-refractivity contribution in [3.8, 4) is 0 Å². The number of aromatic nitrogens is 2. The molecule has 5 heteroatoms. The first-order valence-corrected chi connectivity index (χ1v) is 12.4. The van der Waals surface area contributed by atoms with Gasteiger partial charge in [-0.15, -0.1) is 0 Å². The first-order valence-electron chi connectivity index (χ1n) is 12.4. The van der Waals surface area contributed by atoms with Crippen LogP contribution in [0, 0.1) is 11.8 Å². The molecular formula is C26H42N4O. The van der Waals surface area contributed by atoms with Gasteiger partial charge >= 0.3 is 0 Å². The third-order valence-electron chi connectivity index (χ3n) is 6.77. The monoisotopic (exact) mass is 426 g/mol. The van der Waals surface area contributed by atoms with Crippen molar-refractivity contribution in [3.05, 3.63) is 34.4 Å². The average Bonchev–Trinajstić information content (AvgIpc) is 2.74. The largest absolute Gasteiger partial charge is 0.375 e. The van der Waals surface area contributed by atoms with Gasteiger partial charge in [-0.2, -0.15) is 0 Å². The Morgan fingerprint density at radius 2 is 1.84 bits per heavy atom. The van der Waals surface area contributed by atoms with Crippen LogP contribution < -0.4 is 10.5 Å². The standard InChI is InChI=1S/C26H42N4O/c1-7-10-14-28(6)21-12-13-23-22(16-21)26(31)30(9-3)25(27-23)24(11-8-2)29-17-19(4)15-20(5)18-29/h12-13,16,19-20,24H,7-11,14-15,17-18H2,1-6H3/t19-,20+,24?. The number of benzene rings is 1. The summed E-state index contributed by atoms with van der Waals surface area (Å²) in [5.74, 6) is 2.33. The number of rotatable bonds is 9. The summed E-state index contributed by atoms with van der Waals surface area (Å²) in [6.07, 6.45) is 5.72. The van der Waals surface area contributed by atoms with Crippen molar-refractivity contribution in [3.63, 3.8) is 0 Å². The number of hydrogen-bond acceptors (Lipinski definition) is 4. The summed E-state index contributed by atoms with van der Waals surface area (Å²) < 4.78 is 1.93. The van der Waals surface area contributed by atoms with Gasteiger partial charge in [-0.25, -0.2) is 4.98 Å². The van der Waals surface area contributed by atoms with Gasteiger partial charge in [-0.1, -0.05) is 40.5 Å². The summed E-state index contributed by atoms with van der Waals surface area (Å²) in [7, 11) is 2.10. The molecule has 1 unspecified atom stereocenters. The minimum Gasteiger partial charge on any atom is -0.375 e. The van der Waals surface area contributed by atoms with Crippen LogP contribution in [-0.2, 0) is 6.54 Å². The summed E-state index contributed by atoms with van der Waals surface area (Å²) in [4.78, 5) is 23.5. The van der Waals surface area contributed by atoms with Crippen LogP contribution in [0.5, 0.6) is 0 Å². The second-order valence-corrected chi connectivity index (χ2v) is 9.70. The molecule has 1 aromatic carbocycles. The Hall–Kier alpha value is -1.88. The topological polar surface area (TPSA) is 41.4 Å². The lowest BCUT2D eigenvalue weighted by atomic mass is 9.90. The highest BCUT2D eigenvalue weighted by molar-refractivity contribution is 5.82. The molecule has 3 atom stereocenters. The van der Waals surface area contributed by atoms with E-state index in [1.165, 1.54) is 6.42 Å². The maximum Gasteiger partial charge on any atom is 0.261 e. The summed E-state index contributed by atoms with van der Waals surface area (Å²) in [6.45, 7) is 15.0. The fraction of sp³-hybridized carbons (Fsp3) is 0.692. The molecule has 0 bridgehead atoms. The molecule has 2 aromatic rings. The molecule has 1 saturated heterocycles. The van der Waals surface area contributed by atoms with Crippen LogP contribution >= 0.6 is 0 Å². The molecule has 1 aromatic heterocycles. The molecule has 0 radical (unpaired) electrons. The van der Waals surface area contributed by atoms with Gasteiger partial charge in [-0.3, -0.25) is 14.3 Å². The molecule has 3 rings (SSSR count). The van der Waals surface area contributed by atoms with E-state index in [2.05, 4.69) is 57.5 Å². The minimum atomic E-state index is 0.104. The van der Waals surface area contributed by atoms with Gasteiger partial charge < -0.3 is 4.90 Å². The van der Waals surface area contributed by atoms with Gasteiger partial charge in [0.05, 0.1) is 16.9 Å². The van der Waals surface area contributed by atoms with Crippen LogP contribution in [0.1, 0.15) is 78.6 Å². The van der Waals surface area contributed by atoms with E-state index in [1.54, 1.807) is 0 Å². The molecule has 1 aliphatic rings. The molecule has 0 aliphatic carbocycles. The second-order valence-electron chi connectivity index (χ2n) is 9.70. The molecule has 0 N–H and O–H groups in total. The average molecular weight is 427 g/mol. The van der Waals surface area contributed by atoms with Crippen LogP contribution in [0.25, 0.3) is 10.9 Å². The van der Waals surface area contributed by atoms with Gasteiger partial charge in [0.2, 0.25) is 0 Å². The van der Waals surface area contributed by atoms with Crippen molar-refractivity contribution < 1.29 is 0 Å². The Morgan fingerprint density at radius 3 is 2.45 bits per heavy atom. The van der Waals surface area contributed by atoms with Crippen molar-refractivity contribution in [2.45, 2.75) is 79.3 Å². The SMILES string of the molecule is CCCCN(C)c1ccc2nc(C(CCC)N3C[C@H](C)C[C@H](C)C3)n(CC)c(=O)c2c1.